The molecule has 0 fully saturated rings. The number of aliphatic imine (C=N–C) groups is 1. The van der Waals surface area contributed by atoms with Crippen molar-refractivity contribution in [2.24, 2.45) is 4.99 Å². The topological polar surface area (TPSA) is 57.5 Å². The number of rotatable bonds is 5. The Balaban J connectivity index is 1.09. The van der Waals surface area contributed by atoms with Gasteiger partial charge in [0.05, 0.1) is 16.7 Å². The third-order valence-electron chi connectivity index (χ3n) is 11.8. The maximum absolute atomic E-state index is 9.35. The Morgan fingerprint density at radius 3 is 1.82 bits per heavy atom. The molecule has 0 radical (unpaired) electrons. The highest BCUT2D eigenvalue weighted by Crippen LogP contribution is 2.42. The van der Waals surface area contributed by atoms with E-state index in [4.69, 9.17) is 9.41 Å². The lowest BCUT2D eigenvalue weighted by molar-refractivity contribution is 0.672. The summed E-state index contributed by atoms with van der Waals surface area (Å²) in [5, 5.41) is 23.1. The first-order valence-corrected chi connectivity index (χ1v) is 20.5. The van der Waals surface area contributed by atoms with Gasteiger partial charge in [0.25, 0.3) is 0 Å². The summed E-state index contributed by atoms with van der Waals surface area (Å²) in [6, 6.07) is 61.9. The highest BCUT2D eigenvalue weighted by Gasteiger charge is 2.21. The van der Waals surface area contributed by atoms with Gasteiger partial charge >= 0.3 is 0 Å². The molecule has 60 heavy (non-hydrogen) atoms. The van der Waals surface area contributed by atoms with Crippen molar-refractivity contribution in [2.45, 2.75) is 13.3 Å². The van der Waals surface area contributed by atoms with Gasteiger partial charge in [-0.1, -0.05) is 146 Å². The number of nitrogens with zero attached hydrogens (tertiary/aromatic N) is 3. The van der Waals surface area contributed by atoms with Crippen LogP contribution in [0.2, 0.25) is 0 Å². The van der Waals surface area contributed by atoms with E-state index in [-0.39, 0.29) is 5.84 Å². The summed E-state index contributed by atoms with van der Waals surface area (Å²) in [4.78, 5) is 7.00. The number of nitrogens with one attached hydrogen (secondary N) is 1. The predicted octanol–water partition coefficient (Wildman–Crippen LogP) is 12.5. The van der Waals surface area contributed by atoms with Crippen LogP contribution in [0.5, 0.6) is 0 Å². The molecule has 0 bridgehead atoms. The molecule has 0 saturated heterocycles. The van der Waals surface area contributed by atoms with E-state index in [1.807, 2.05) is 54.4 Å². The third-order valence-corrected chi connectivity index (χ3v) is 11.8. The molecule has 0 spiro atoms. The first-order valence-electron chi connectivity index (χ1n) is 20.5. The lowest BCUT2D eigenvalue weighted by Crippen LogP contribution is -2.31. The van der Waals surface area contributed by atoms with Crippen LogP contribution in [0.1, 0.15) is 24.5 Å². The Hall–Kier alpha value is -7.76. The van der Waals surface area contributed by atoms with Crippen molar-refractivity contribution in [3.05, 3.63) is 197 Å². The molecule has 5 nitrogen and oxygen atoms in total. The fourth-order valence-corrected chi connectivity index (χ4v) is 8.97. The number of aromatic nitrogens is 1. The second-order valence-electron chi connectivity index (χ2n) is 15.5. The van der Waals surface area contributed by atoms with Gasteiger partial charge in [-0.25, -0.2) is 4.99 Å². The quantitative estimate of drug-likeness (QED) is 0.140. The van der Waals surface area contributed by atoms with Crippen LogP contribution in [0.25, 0.3) is 94.0 Å². The normalized spacial score (nSPS) is 12.9. The molecule has 11 rings (SSSR count). The zero-order chi connectivity index (χ0) is 40.3. The minimum Gasteiger partial charge on any atom is -0.455 e. The first kappa shape index (κ1) is 35.4. The van der Waals surface area contributed by atoms with E-state index < -0.39 is 0 Å². The Bertz CT molecular complexity index is 3590. The molecular weight excluding hydrogens is 733 g/mol. The maximum atomic E-state index is 9.35. The molecule has 11 aromatic rings. The van der Waals surface area contributed by atoms with Gasteiger partial charge in [0.1, 0.15) is 17.0 Å². The SMILES string of the molecule is CC/C=c1/cccc/c1=C/N(C)/C(=N\C(=N)c1ccc2c(c1)oc1c3ccccc3c(-n3c4cc5ccccc5cc4c4cc5ccccc5cc43)cc21)c1ccccc1. The number of hydrogen-bond acceptors (Lipinski definition) is 2. The second kappa shape index (κ2) is 14.3. The molecule has 0 aliphatic carbocycles. The first-order chi connectivity index (χ1) is 29.5. The molecule has 0 saturated carbocycles. The average Bonchev–Trinajstić information content (AvgIpc) is 3.81. The van der Waals surface area contributed by atoms with Crippen LogP contribution in [0.15, 0.2) is 185 Å². The standard InChI is InChI=1S/C55H40N4O/c1-3-15-35-16-7-12-23-42(35)34-58(2)55(36-17-5-4-6-18-36)57-54(56)41-26-27-44-48-33-51(43-24-13-14-25-45(43)53(48)60-52(44)32-41)59-49-30-39-21-10-8-19-37(39)28-46(49)47-29-38-20-9-11-22-40(38)31-50(47)59/h4-34,56H,3H2,1-2H3/b35-15-,42-34-,56-54?,57-55-. The van der Waals surface area contributed by atoms with Crippen LogP contribution in [-0.4, -0.2) is 28.2 Å². The van der Waals surface area contributed by atoms with E-state index >= 15 is 0 Å². The highest BCUT2D eigenvalue weighted by molar-refractivity contribution is 6.22. The summed E-state index contributed by atoms with van der Waals surface area (Å²) in [6.45, 7) is 2.15. The fraction of sp³-hybridized carbons (Fsp3) is 0.0545. The van der Waals surface area contributed by atoms with Crippen molar-refractivity contribution >= 4 is 100 Å². The van der Waals surface area contributed by atoms with Crippen molar-refractivity contribution in [3.8, 4) is 5.69 Å². The van der Waals surface area contributed by atoms with Crippen LogP contribution in [-0.2, 0) is 0 Å². The summed E-state index contributed by atoms with van der Waals surface area (Å²) in [5.41, 5.74) is 6.56. The van der Waals surface area contributed by atoms with Gasteiger partial charge in [-0.2, -0.15) is 0 Å². The van der Waals surface area contributed by atoms with Gasteiger partial charge in [-0.05, 0) is 80.9 Å². The molecule has 286 valence electrons. The van der Waals surface area contributed by atoms with E-state index in [2.05, 4.69) is 157 Å². The van der Waals surface area contributed by atoms with Gasteiger partial charge in [0.15, 0.2) is 5.84 Å². The zero-order valence-electron chi connectivity index (χ0n) is 33.4. The minimum absolute atomic E-state index is 0.153. The molecule has 1 N–H and O–H groups in total. The molecule has 0 aliphatic heterocycles. The van der Waals surface area contributed by atoms with Crippen LogP contribution in [0.3, 0.4) is 0 Å². The van der Waals surface area contributed by atoms with Crippen molar-refractivity contribution in [3.63, 3.8) is 0 Å². The van der Waals surface area contributed by atoms with Crippen LogP contribution in [0, 0.1) is 5.41 Å². The van der Waals surface area contributed by atoms with Gasteiger partial charge in [-0.3, -0.25) is 5.41 Å². The molecule has 0 atom stereocenters. The largest absolute Gasteiger partial charge is 0.455 e. The number of hydrogen-bond donors (Lipinski definition) is 1. The second-order valence-corrected chi connectivity index (χ2v) is 15.5. The molecule has 0 amide bonds. The zero-order valence-corrected chi connectivity index (χ0v) is 33.4. The smallest absolute Gasteiger partial charge is 0.154 e. The predicted molar refractivity (Wildman–Crippen MR) is 253 cm³/mol. The number of furan rings is 1. The Kier molecular flexibility index (Phi) is 8.41. The lowest BCUT2D eigenvalue weighted by Gasteiger charge is -2.18. The van der Waals surface area contributed by atoms with Gasteiger partial charge in [0, 0.05) is 56.7 Å². The Labute approximate surface area is 346 Å². The summed E-state index contributed by atoms with van der Waals surface area (Å²) < 4.78 is 9.24. The van der Waals surface area contributed by atoms with Gasteiger partial charge in [-0.15, -0.1) is 0 Å². The number of fused-ring (bicyclic) bond motifs is 10. The molecular formula is C55H40N4O. The van der Waals surface area contributed by atoms with Crippen molar-refractivity contribution in [1.29, 1.82) is 5.41 Å². The van der Waals surface area contributed by atoms with E-state index in [1.54, 1.807) is 0 Å². The van der Waals surface area contributed by atoms with Crippen molar-refractivity contribution in [1.82, 2.24) is 9.47 Å². The summed E-state index contributed by atoms with van der Waals surface area (Å²) in [5.74, 6) is 0.833. The van der Waals surface area contributed by atoms with Crippen molar-refractivity contribution in [2.75, 3.05) is 7.05 Å². The van der Waals surface area contributed by atoms with E-state index in [0.717, 1.165) is 61.1 Å². The van der Waals surface area contributed by atoms with Crippen LogP contribution in [0.4, 0.5) is 0 Å². The van der Waals surface area contributed by atoms with Crippen molar-refractivity contribution < 1.29 is 4.42 Å². The molecule has 0 unspecified atom stereocenters. The lowest BCUT2D eigenvalue weighted by atomic mass is 10.0. The maximum Gasteiger partial charge on any atom is 0.154 e. The summed E-state index contributed by atoms with van der Waals surface area (Å²) in [7, 11) is 2.00. The van der Waals surface area contributed by atoms with E-state index in [9.17, 15) is 5.41 Å². The fourth-order valence-electron chi connectivity index (χ4n) is 8.97. The van der Waals surface area contributed by atoms with Gasteiger partial charge < -0.3 is 13.9 Å². The third kappa shape index (κ3) is 5.85. The van der Waals surface area contributed by atoms with E-state index in [1.165, 1.54) is 37.5 Å². The Morgan fingerprint density at radius 1 is 0.567 bits per heavy atom. The average molecular weight is 773 g/mol. The number of amidine groups is 2. The molecule has 9 aromatic carbocycles. The van der Waals surface area contributed by atoms with Crippen LogP contribution < -0.4 is 10.4 Å². The molecule has 2 heterocycles. The molecule has 5 heteroatoms. The monoisotopic (exact) mass is 772 g/mol. The van der Waals surface area contributed by atoms with Crippen LogP contribution >= 0.6 is 0 Å². The molecule has 2 aromatic heterocycles. The molecule has 0 aliphatic rings. The summed E-state index contributed by atoms with van der Waals surface area (Å²) >= 11 is 0. The Morgan fingerprint density at radius 2 is 1.15 bits per heavy atom. The minimum atomic E-state index is 0.153. The summed E-state index contributed by atoms with van der Waals surface area (Å²) in [6.07, 6.45) is 5.26. The van der Waals surface area contributed by atoms with Gasteiger partial charge in [0.2, 0.25) is 0 Å². The van der Waals surface area contributed by atoms with E-state index in [0.29, 0.717) is 17.0 Å². The highest BCUT2D eigenvalue weighted by atomic mass is 16.3. The number of benzene rings is 9.